The number of hydrogen-bond acceptors (Lipinski definition) is 5. The van der Waals surface area contributed by atoms with Crippen LogP contribution in [-0.2, 0) is 27.2 Å². The third-order valence-corrected chi connectivity index (χ3v) is 4.60. The topological polar surface area (TPSA) is 68.6 Å². The molecule has 7 nitrogen and oxygen atoms in total. The zero-order valence-corrected chi connectivity index (χ0v) is 14.7. The van der Waals surface area contributed by atoms with E-state index < -0.39 is 0 Å². The molecule has 1 amide bonds. The number of aromatic nitrogens is 2. The predicted molar refractivity (Wildman–Crippen MR) is 89.7 cm³/mol. The number of amides is 1. The minimum Gasteiger partial charge on any atom is -0.381 e. The molecule has 7 heteroatoms. The van der Waals surface area contributed by atoms with E-state index in [0.29, 0.717) is 25.6 Å². The van der Waals surface area contributed by atoms with Gasteiger partial charge in [-0.25, -0.2) is 0 Å². The van der Waals surface area contributed by atoms with E-state index in [1.807, 2.05) is 19.0 Å². The summed E-state index contributed by atoms with van der Waals surface area (Å²) in [4.78, 5) is 13.7. The molecule has 0 radical (unpaired) electrons. The van der Waals surface area contributed by atoms with Gasteiger partial charge in [-0.2, -0.15) is 5.10 Å². The Balaban J connectivity index is 1.59. The molecule has 2 aliphatic heterocycles. The molecule has 24 heavy (non-hydrogen) atoms. The van der Waals surface area contributed by atoms with Crippen LogP contribution in [0.15, 0.2) is 6.20 Å². The molecule has 0 aromatic carbocycles. The average Bonchev–Trinajstić information content (AvgIpc) is 2.96. The second-order valence-electron chi connectivity index (χ2n) is 6.97. The highest BCUT2D eigenvalue weighted by molar-refractivity contribution is 5.77. The van der Waals surface area contributed by atoms with Gasteiger partial charge in [0.15, 0.2) is 0 Å². The van der Waals surface area contributed by atoms with Crippen LogP contribution in [-0.4, -0.2) is 67.6 Å². The van der Waals surface area contributed by atoms with Crippen molar-refractivity contribution < 1.29 is 14.3 Å². The molecule has 0 saturated carbocycles. The molecule has 134 valence electrons. The van der Waals surface area contributed by atoms with Crippen LogP contribution < -0.4 is 5.32 Å². The lowest BCUT2D eigenvalue weighted by Crippen LogP contribution is -2.37. The average molecular weight is 336 g/mol. The maximum atomic E-state index is 11.8. The number of likely N-dealkylation sites (N-methyl/N-ethyl adjacent to an activating group) is 1. The summed E-state index contributed by atoms with van der Waals surface area (Å²) in [6.07, 6.45) is 5.11. The highest BCUT2D eigenvalue weighted by Crippen LogP contribution is 2.26. The highest BCUT2D eigenvalue weighted by Gasteiger charge is 2.26. The first-order chi connectivity index (χ1) is 11.6. The summed E-state index contributed by atoms with van der Waals surface area (Å²) in [7, 11) is 3.76. The smallest absolute Gasteiger partial charge is 0.234 e. The Labute approximate surface area is 143 Å². The molecular formula is C17H28N4O3. The van der Waals surface area contributed by atoms with E-state index in [0.717, 1.165) is 44.7 Å². The van der Waals surface area contributed by atoms with Crippen LogP contribution in [0.25, 0.3) is 0 Å². The number of nitrogens with one attached hydrogen (secondary N) is 1. The maximum Gasteiger partial charge on any atom is 0.234 e. The van der Waals surface area contributed by atoms with Crippen LogP contribution >= 0.6 is 0 Å². The fourth-order valence-electron chi connectivity index (χ4n) is 3.32. The normalized spacial score (nSPS) is 21.7. The first-order valence-corrected chi connectivity index (χ1v) is 8.79. The summed E-state index contributed by atoms with van der Waals surface area (Å²) in [6, 6.07) is 0. The monoisotopic (exact) mass is 336 g/mol. The lowest BCUT2D eigenvalue weighted by Gasteiger charge is -2.23. The van der Waals surface area contributed by atoms with Crippen molar-refractivity contribution in [2.24, 2.45) is 5.92 Å². The molecule has 1 aromatic heterocycles. The number of hydrogen-bond donors (Lipinski definition) is 1. The zero-order chi connectivity index (χ0) is 16.9. The Morgan fingerprint density at radius 3 is 2.92 bits per heavy atom. The lowest BCUT2D eigenvalue weighted by molar-refractivity contribution is -0.122. The van der Waals surface area contributed by atoms with Crippen LogP contribution in [0.1, 0.15) is 30.2 Å². The Morgan fingerprint density at radius 2 is 2.17 bits per heavy atom. The SMILES string of the molecule is CN(C)CC(=O)NCC1OCCc2cn(CC3CCOCC3)nc21. The van der Waals surface area contributed by atoms with E-state index in [1.165, 1.54) is 5.56 Å². The van der Waals surface area contributed by atoms with E-state index in [1.54, 1.807) is 0 Å². The third kappa shape index (κ3) is 4.55. The number of nitrogens with zero attached hydrogens (tertiary/aromatic N) is 3. The first-order valence-electron chi connectivity index (χ1n) is 8.79. The molecule has 3 rings (SSSR count). The molecule has 1 N–H and O–H groups in total. The molecule has 0 aliphatic carbocycles. The van der Waals surface area contributed by atoms with Crippen LogP contribution in [0.4, 0.5) is 0 Å². The van der Waals surface area contributed by atoms with Crippen LogP contribution in [0.2, 0.25) is 0 Å². The fourth-order valence-corrected chi connectivity index (χ4v) is 3.32. The zero-order valence-electron chi connectivity index (χ0n) is 14.7. The predicted octanol–water partition coefficient (Wildman–Crippen LogP) is 0.601. The van der Waals surface area contributed by atoms with Crippen LogP contribution in [0.3, 0.4) is 0 Å². The van der Waals surface area contributed by atoms with E-state index in [-0.39, 0.29) is 12.0 Å². The Hall–Kier alpha value is -1.44. The van der Waals surface area contributed by atoms with Gasteiger partial charge in [0.2, 0.25) is 5.91 Å². The van der Waals surface area contributed by atoms with Gasteiger partial charge in [-0.05, 0) is 44.8 Å². The molecule has 0 bridgehead atoms. The fraction of sp³-hybridized carbons (Fsp3) is 0.765. The molecule has 3 heterocycles. The second-order valence-corrected chi connectivity index (χ2v) is 6.97. The van der Waals surface area contributed by atoms with Gasteiger partial charge in [0, 0.05) is 32.5 Å². The maximum absolute atomic E-state index is 11.8. The van der Waals surface area contributed by atoms with E-state index in [4.69, 9.17) is 14.6 Å². The molecule has 2 aliphatic rings. The number of ether oxygens (including phenoxy) is 2. The molecular weight excluding hydrogens is 308 g/mol. The minimum absolute atomic E-state index is 0.0114. The van der Waals surface area contributed by atoms with Gasteiger partial charge < -0.3 is 19.7 Å². The number of rotatable bonds is 6. The van der Waals surface area contributed by atoms with E-state index in [9.17, 15) is 4.79 Å². The quantitative estimate of drug-likeness (QED) is 0.824. The van der Waals surface area contributed by atoms with Gasteiger partial charge in [-0.15, -0.1) is 0 Å². The minimum atomic E-state index is -0.143. The summed E-state index contributed by atoms with van der Waals surface area (Å²) in [5, 5.41) is 7.70. The van der Waals surface area contributed by atoms with Crippen molar-refractivity contribution in [1.82, 2.24) is 20.0 Å². The van der Waals surface area contributed by atoms with Crippen molar-refractivity contribution in [1.29, 1.82) is 0 Å². The van der Waals surface area contributed by atoms with Crippen LogP contribution in [0.5, 0.6) is 0 Å². The summed E-state index contributed by atoms with van der Waals surface area (Å²) in [5.41, 5.74) is 2.23. The van der Waals surface area contributed by atoms with E-state index in [2.05, 4.69) is 16.2 Å². The van der Waals surface area contributed by atoms with Crippen molar-refractivity contribution in [2.45, 2.75) is 31.9 Å². The van der Waals surface area contributed by atoms with Crippen molar-refractivity contribution in [3.05, 3.63) is 17.5 Å². The Kier molecular flexibility index (Phi) is 5.86. The van der Waals surface area contributed by atoms with Gasteiger partial charge in [-0.1, -0.05) is 0 Å². The van der Waals surface area contributed by atoms with Crippen molar-refractivity contribution >= 4 is 5.91 Å². The summed E-state index contributed by atoms with van der Waals surface area (Å²) in [5.74, 6) is 0.650. The van der Waals surface area contributed by atoms with Crippen molar-refractivity contribution in [3.8, 4) is 0 Å². The van der Waals surface area contributed by atoms with Crippen LogP contribution in [0, 0.1) is 5.92 Å². The van der Waals surface area contributed by atoms with E-state index >= 15 is 0 Å². The van der Waals surface area contributed by atoms with Gasteiger partial charge >= 0.3 is 0 Å². The number of carbonyl (C=O) groups is 1. The largest absolute Gasteiger partial charge is 0.381 e. The molecule has 1 unspecified atom stereocenters. The van der Waals surface area contributed by atoms with Gasteiger partial charge in [0.1, 0.15) is 6.10 Å². The molecule has 1 saturated heterocycles. The third-order valence-electron chi connectivity index (χ3n) is 4.60. The highest BCUT2D eigenvalue weighted by atomic mass is 16.5. The van der Waals surface area contributed by atoms with Gasteiger partial charge in [0.25, 0.3) is 0 Å². The van der Waals surface area contributed by atoms with Gasteiger partial charge in [-0.3, -0.25) is 9.48 Å². The van der Waals surface area contributed by atoms with Crippen molar-refractivity contribution in [2.75, 3.05) is 47.0 Å². The summed E-state index contributed by atoms with van der Waals surface area (Å²) in [6.45, 7) is 4.20. The molecule has 1 fully saturated rings. The first kappa shape index (κ1) is 17.4. The number of fused-ring (bicyclic) bond motifs is 1. The molecule has 0 spiro atoms. The number of carbonyl (C=O) groups excluding carboxylic acids is 1. The molecule has 1 atom stereocenters. The molecule has 1 aromatic rings. The van der Waals surface area contributed by atoms with Gasteiger partial charge in [0.05, 0.1) is 18.8 Å². The second kappa shape index (κ2) is 8.09. The Bertz CT molecular complexity index is 552. The Morgan fingerprint density at radius 1 is 1.38 bits per heavy atom. The lowest BCUT2D eigenvalue weighted by atomic mass is 10.0. The summed E-state index contributed by atoms with van der Waals surface area (Å²) >= 11 is 0. The summed E-state index contributed by atoms with van der Waals surface area (Å²) < 4.78 is 13.3. The van der Waals surface area contributed by atoms with Crippen molar-refractivity contribution in [3.63, 3.8) is 0 Å². The standard InChI is InChI=1S/C17H28N4O3/c1-20(2)12-16(22)18-9-15-17-14(5-8-24-15)11-21(19-17)10-13-3-6-23-7-4-13/h11,13,15H,3-10,12H2,1-2H3,(H,18,22).